The molecule has 1 unspecified atom stereocenters. The van der Waals surface area contributed by atoms with Crippen LogP contribution in [0.5, 0.6) is 5.75 Å². The second-order valence-electron chi connectivity index (χ2n) is 4.29. The topological polar surface area (TPSA) is 69.7 Å². The number of rotatable bonds is 5. The Balaban J connectivity index is 3.00. The van der Waals surface area contributed by atoms with Gasteiger partial charge in [0.2, 0.25) is 0 Å². The number of nitrogens with zero attached hydrogens (tertiary/aromatic N) is 1. The molecule has 4 nitrogen and oxygen atoms in total. The molecule has 1 aromatic carbocycles. The molecule has 0 heterocycles. The van der Waals surface area contributed by atoms with E-state index in [9.17, 15) is 18.3 Å². The van der Waals surface area contributed by atoms with Crippen LogP contribution in [0.4, 0.5) is 18.9 Å². The Hall–Kier alpha value is -1.47. The highest BCUT2D eigenvalue weighted by Crippen LogP contribution is 2.29. The monoisotopic (exact) mass is 278 g/mol. The van der Waals surface area contributed by atoms with Crippen LogP contribution < -0.4 is 10.6 Å². The van der Waals surface area contributed by atoms with E-state index in [1.807, 2.05) is 0 Å². The van der Waals surface area contributed by atoms with Crippen LogP contribution in [0, 0.1) is 0 Å². The number of nitrogens with two attached hydrogens (primary N) is 1. The molecule has 108 valence electrons. The van der Waals surface area contributed by atoms with Crippen molar-refractivity contribution in [2.45, 2.75) is 19.1 Å². The normalized spacial score (nSPS) is 13.4. The molecule has 0 aliphatic carbocycles. The summed E-state index contributed by atoms with van der Waals surface area (Å²) in [6.45, 7) is -0.108. The first kappa shape index (κ1) is 15.6. The number of aromatic hydroxyl groups is 1. The third-order valence-corrected chi connectivity index (χ3v) is 2.61. The number of aliphatic hydroxyl groups is 1. The first-order valence-corrected chi connectivity index (χ1v) is 5.75. The van der Waals surface area contributed by atoms with Gasteiger partial charge in [-0.15, -0.1) is 0 Å². The maximum atomic E-state index is 12.4. The number of hydrogen-bond acceptors (Lipinski definition) is 4. The smallest absolute Gasteiger partial charge is 0.405 e. The highest BCUT2D eigenvalue weighted by Gasteiger charge is 2.31. The van der Waals surface area contributed by atoms with Gasteiger partial charge in [-0.25, -0.2) is 0 Å². The van der Waals surface area contributed by atoms with Crippen molar-refractivity contribution >= 4 is 5.69 Å². The summed E-state index contributed by atoms with van der Waals surface area (Å²) in [6, 6.07) is 3.73. The van der Waals surface area contributed by atoms with Crippen LogP contribution in [0.2, 0.25) is 0 Å². The van der Waals surface area contributed by atoms with Gasteiger partial charge in [0, 0.05) is 29.9 Å². The zero-order valence-corrected chi connectivity index (χ0v) is 10.5. The van der Waals surface area contributed by atoms with E-state index in [0.29, 0.717) is 5.56 Å². The van der Waals surface area contributed by atoms with E-state index in [1.165, 1.54) is 18.2 Å². The van der Waals surface area contributed by atoms with E-state index in [1.54, 1.807) is 6.92 Å². The van der Waals surface area contributed by atoms with Crippen LogP contribution in [0.25, 0.3) is 0 Å². The van der Waals surface area contributed by atoms with Crippen molar-refractivity contribution in [2.75, 3.05) is 24.6 Å². The third-order valence-electron chi connectivity index (χ3n) is 2.61. The molecule has 4 N–H and O–H groups in total. The summed E-state index contributed by atoms with van der Waals surface area (Å²) in [6.07, 6.45) is -4.38. The minimum Gasteiger partial charge on any atom is -0.508 e. The van der Waals surface area contributed by atoms with Gasteiger partial charge in [-0.1, -0.05) is 6.07 Å². The van der Waals surface area contributed by atoms with Crippen molar-refractivity contribution in [3.63, 3.8) is 0 Å². The van der Waals surface area contributed by atoms with Crippen LogP contribution in [0.1, 0.15) is 18.5 Å². The minimum absolute atomic E-state index is 0.155. The van der Waals surface area contributed by atoms with Crippen LogP contribution in [-0.4, -0.2) is 36.1 Å². The summed E-state index contributed by atoms with van der Waals surface area (Å²) >= 11 is 0. The number of phenolic OH excluding ortho intramolecular Hbond substituents is 1. The second-order valence-corrected chi connectivity index (χ2v) is 4.29. The van der Waals surface area contributed by atoms with Crippen LogP contribution in [0.15, 0.2) is 18.2 Å². The van der Waals surface area contributed by atoms with E-state index in [-0.39, 0.29) is 18.0 Å². The molecule has 0 spiro atoms. The van der Waals surface area contributed by atoms with Crippen molar-refractivity contribution in [1.29, 1.82) is 0 Å². The standard InChI is InChI=1S/C12H17F3N2O2/c1-8(16)10-3-2-9(6-11(10)19)17(4-5-18)7-12(13,14)15/h2-3,6,8,18-19H,4-5,7,16H2,1H3. The SMILES string of the molecule is CC(N)c1ccc(N(CCO)CC(F)(F)F)cc1O. The number of alkyl halides is 3. The molecule has 0 bridgehead atoms. The molecule has 19 heavy (non-hydrogen) atoms. The second kappa shape index (κ2) is 6.12. The molecular weight excluding hydrogens is 261 g/mol. The molecule has 1 atom stereocenters. The predicted octanol–water partition coefficient (Wildman–Crippen LogP) is 1.77. The molecule has 0 radical (unpaired) electrons. The Kier molecular flexibility index (Phi) is 5.02. The summed E-state index contributed by atoms with van der Waals surface area (Å²) in [5, 5.41) is 18.5. The Morgan fingerprint density at radius 1 is 1.37 bits per heavy atom. The Labute approximate surface area is 109 Å². The molecule has 0 saturated heterocycles. The number of hydrogen-bond donors (Lipinski definition) is 3. The molecule has 7 heteroatoms. The zero-order chi connectivity index (χ0) is 14.6. The highest BCUT2D eigenvalue weighted by molar-refractivity contribution is 5.54. The molecule has 0 aliphatic heterocycles. The van der Waals surface area contributed by atoms with E-state index in [2.05, 4.69) is 0 Å². The maximum Gasteiger partial charge on any atom is 0.405 e. The molecule has 1 aromatic rings. The van der Waals surface area contributed by atoms with Crippen molar-refractivity contribution in [1.82, 2.24) is 0 Å². The minimum atomic E-state index is -4.38. The Morgan fingerprint density at radius 2 is 2.00 bits per heavy atom. The number of aliphatic hydroxyl groups excluding tert-OH is 1. The molecule has 1 rings (SSSR count). The number of benzene rings is 1. The summed E-state index contributed by atoms with van der Waals surface area (Å²) in [5.74, 6) is -0.155. The molecule has 0 saturated carbocycles. The fourth-order valence-electron chi connectivity index (χ4n) is 1.75. The maximum absolute atomic E-state index is 12.4. The number of halogens is 3. The largest absolute Gasteiger partial charge is 0.508 e. The quantitative estimate of drug-likeness (QED) is 0.768. The van der Waals surface area contributed by atoms with Gasteiger partial charge in [0.1, 0.15) is 12.3 Å². The van der Waals surface area contributed by atoms with Crippen molar-refractivity contribution in [3.05, 3.63) is 23.8 Å². The molecule has 0 aliphatic rings. The van der Waals surface area contributed by atoms with E-state index in [4.69, 9.17) is 10.8 Å². The lowest BCUT2D eigenvalue weighted by Gasteiger charge is -2.25. The lowest BCUT2D eigenvalue weighted by Crippen LogP contribution is -2.36. The predicted molar refractivity (Wildman–Crippen MR) is 66.1 cm³/mol. The first-order valence-electron chi connectivity index (χ1n) is 5.75. The average Bonchev–Trinajstić information content (AvgIpc) is 2.26. The summed E-state index contributed by atoms with van der Waals surface area (Å²) in [5.41, 5.74) is 6.25. The molecule has 0 aromatic heterocycles. The fraction of sp³-hybridized carbons (Fsp3) is 0.500. The lowest BCUT2D eigenvalue weighted by atomic mass is 10.1. The average molecular weight is 278 g/mol. The summed E-state index contributed by atoms with van der Waals surface area (Å²) in [7, 11) is 0. The van der Waals surface area contributed by atoms with Crippen LogP contribution >= 0.6 is 0 Å². The summed E-state index contributed by atoms with van der Waals surface area (Å²) in [4.78, 5) is 0.949. The molecular formula is C12H17F3N2O2. The van der Waals surface area contributed by atoms with Gasteiger partial charge in [-0.2, -0.15) is 13.2 Å². The van der Waals surface area contributed by atoms with Gasteiger partial charge in [0.05, 0.1) is 6.61 Å². The first-order chi connectivity index (χ1) is 8.74. The number of anilines is 1. The van der Waals surface area contributed by atoms with Crippen molar-refractivity contribution < 1.29 is 23.4 Å². The van der Waals surface area contributed by atoms with Crippen LogP contribution in [0.3, 0.4) is 0 Å². The Morgan fingerprint density at radius 3 is 2.42 bits per heavy atom. The highest BCUT2D eigenvalue weighted by atomic mass is 19.4. The third kappa shape index (κ3) is 4.60. The molecule has 0 fully saturated rings. The van der Waals surface area contributed by atoms with Gasteiger partial charge in [-0.3, -0.25) is 0 Å². The summed E-state index contributed by atoms with van der Waals surface area (Å²) < 4.78 is 37.3. The van der Waals surface area contributed by atoms with Gasteiger partial charge in [0.25, 0.3) is 0 Å². The zero-order valence-electron chi connectivity index (χ0n) is 10.5. The van der Waals surface area contributed by atoms with Gasteiger partial charge >= 0.3 is 6.18 Å². The van der Waals surface area contributed by atoms with E-state index < -0.39 is 25.4 Å². The Bertz CT molecular complexity index is 422. The van der Waals surface area contributed by atoms with Crippen molar-refractivity contribution in [3.8, 4) is 5.75 Å². The van der Waals surface area contributed by atoms with Gasteiger partial charge < -0.3 is 20.8 Å². The van der Waals surface area contributed by atoms with Crippen molar-refractivity contribution in [2.24, 2.45) is 5.73 Å². The van der Waals surface area contributed by atoms with E-state index >= 15 is 0 Å². The van der Waals surface area contributed by atoms with E-state index in [0.717, 1.165) is 4.90 Å². The fourth-order valence-corrected chi connectivity index (χ4v) is 1.75. The van der Waals surface area contributed by atoms with Gasteiger partial charge in [-0.05, 0) is 13.0 Å². The number of phenols is 1. The van der Waals surface area contributed by atoms with Crippen LogP contribution in [-0.2, 0) is 0 Å². The molecule has 0 amide bonds. The lowest BCUT2D eigenvalue weighted by molar-refractivity contribution is -0.119. The van der Waals surface area contributed by atoms with Gasteiger partial charge in [0.15, 0.2) is 0 Å².